The molecule has 4 unspecified atom stereocenters. The Hall–Kier alpha value is -2.05. The summed E-state index contributed by atoms with van der Waals surface area (Å²) >= 11 is 0. The van der Waals surface area contributed by atoms with E-state index in [-0.39, 0.29) is 23.5 Å². The molecule has 22 heavy (non-hydrogen) atoms. The fourth-order valence-corrected chi connectivity index (χ4v) is 2.25. The number of aromatic hydroxyl groups is 2. The highest BCUT2D eigenvalue weighted by atomic mass is 16.6. The Kier molecular flexibility index (Phi) is 5.05. The zero-order valence-electron chi connectivity index (χ0n) is 12.5. The van der Waals surface area contributed by atoms with Gasteiger partial charge in [0.1, 0.15) is 0 Å². The number of aliphatic hydroxyl groups is 1. The van der Waals surface area contributed by atoms with Gasteiger partial charge < -0.3 is 24.8 Å². The van der Waals surface area contributed by atoms with Crippen LogP contribution in [0.5, 0.6) is 11.5 Å². The second kappa shape index (κ2) is 6.81. The maximum absolute atomic E-state index is 11.8. The van der Waals surface area contributed by atoms with Crippen LogP contribution in [-0.4, -0.2) is 46.2 Å². The Morgan fingerprint density at radius 3 is 2.73 bits per heavy atom. The summed E-state index contributed by atoms with van der Waals surface area (Å²) in [5.41, 5.74) is 0.536. The standard InChI is InChI=1S/C16H20O6/c1-9-8-21-10(2)16(15(9)20)22-14(19)6-4-11-3-5-12(17)13(18)7-11/h3-7,9-10,15-18,20H,8H2,1-2H3/b6-4+. The van der Waals surface area contributed by atoms with Crippen LogP contribution in [0.1, 0.15) is 19.4 Å². The van der Waals surface area contributed by atoms with Crippen molar-refractivity contribution in [3.8, 4) is 11.5 Å². The van der Waals surface area contributed by atoms with Gasteiger partial charge in [0.25, 0.3) is 0 Å². The second-order valence-electron chi connectivity index (χ2n) is 5.49. The van der Waals surface area contributed by atoms with Gasteiger partial charge in [-0.05, 0) is 30.7 Å². The van der Waals surface area contributed by atoms with Gasteiger partial charge in [0, 0.05) is 12.0 Å². The molecule has 0 aromatic heterocycles. The van der Waals surface area contributed by atoms with Crippen LogP contribution in [0.2, 0.25) is 0 Å². The van der Waals surface area contributed by atoms with Gasteiger partial charge in [-0.3, -0.25) is 0 Å². The van der Waals surface area contributed by atoms with Crippen LogP contribution < -0.4 is 0 Å². The quantitative estimate of drug-likeness (QED) is 0.444. The summed E-state index contributed by atoms with van der Waals surface area (Å²) in [7, 11) is 0. The first-order valence-corrected chi connectivity index (χ1v) is 7.09. The molecule has 1 fully saturated rings. The number of ether oxygens (including phenoxy) is 2. The van der Waals surface area contributed by atoms with E-state index in [1.807, 2.05) is 6.92 Å². The van der Waals surface area contributed by atoms with Crippen LogP contribution >= 0.6 is 0 Å². The summed E-state index contributed by atoms with van der Waals surface area (Å²) in [6.45, 7) is 4.00. The predicted octanol–water partition coefficient (Wildman–Crippen LogP) is 1.44. The average molecular weight is 308 g/mol. The van der Waals surface area contributed by atoms with Gasteiger partial charge in [-0.25, -0.2) is 4.79 Å². The molecule has 0 aliphatic carbocycles. The van der Waals surface area contributed by atoms with Crippen LogP contribution in [0.3, 0.4) is 0 Å². The molecule has 0 saturated carbocycles. The fraction of sp³-hybridized carbons (Fsp3) is 0.438. The summed E-state index contributed by atoms with van der Waals surface area (Å²) in [6.07, 6.45) is 0.796. The number of phenolic OH excluding ortho intramolecular Hbond substituents is 2. The van der Waals surface area contributed by atoms with Gasteiger partial charge in [0.2, 0.25) is 0 Å². The van der Waals surface area contributed by atoms with Gasteiger partial charge in [-0.2, -0.15) is 0 Å². The van der Waals surface area contributed by atoms with E-state index in [0.717, 1.165) is 0 Å². The molecule has 1 aliphatic rings. The molecule has 1 heterocycles. The fourth-order valence-electron chi connectivity index (χ4n) is 2.25. The topological polar surface area (TPSA) is 96.2 Å². The number of carbonyl (C=O) groups is 1. The van der Waals surface area contributed by atoms with E-state index in [9.17, 15) is 20.1 Å². The van der Waals surface area contributed by atoms with Crippen molar-refractivity contribution >= 4 is 12.0 Å². The Labute approximate surface area is 128 Å². The van der Waals surface area contributed by atoms with Crippen LogP contribution in [-0.2, 0) is 14.3 Å². The molecule has 1 aliphatic heterocycles. The molecule has 1 aromatic rings. The van der Waals surface area contributed by atoms with Crippen molar-refractivity contribution in [2.24, 2.45) is 5.92 Å². The first kappa shape index (κ1) is 16.3. The summed E-state index contributed by atoms with van der Waals surface area (Å²) in [5, 5.41) is 28.7. The number of rotatable bonds is 3. The van der Waals surface area contributed by atoms with Crippen molar-refractivity contribution in [2.45, 2.75) is 32.2 Å². The Morgan fingerprint density at radius 1 is 1.32 bits per heavy atom. The van der Waals surface area contributed by atoms with Crippen molar-refractivity contribution in [3.63, 3.8) is 0 Å². The highest BCUT2D eigenvalue weighted by Gasteiger charge is 2.37. The Morgan fingerprint density at radius 2 is 2.05 bits per heavy atom. The monoisotopic (exact) mass is 308 g/mol. The number of phenols is 2. The molecule has 6 heteroatoms. The van der Waals surface area contributed by atoms with Crippen LogP contribution in [0.25, 0.3) is 6.08 Å². The molecule has 0 radical (unpaired) electrons. The molecular formula is C16H20O6. The molecule has 0 spiro atoms. The minimum atomic E-state index is -0.765. The van der Waals surface area contributed by atoms with Crippen molar-refractivity contribution in [1.29, 1.82) is 0 Å². The number of esters is 1. The molecular weight excluding hydrogens is 288 g/mol. The largest absolute Gasteiger partial charge is 0.504 e. The Bertz CT molecular complexity index is 568. The predicted molar refractivity (Wildman–Crippen MR) is 79.3 cm³/mol. The molecule has 2 rings (SSSR count). The summed E-state index contributed by atoms with van der Waals surface area (Å²) in [5.74, 6) is -1.22. The van der Waals surface area contributed by atoms with E-state index in [0.29, 0.717) is 12.2 Å². The van der Waals surface area contributed by atoms with E-state index >= 15 is 0 Å². The first-order chi connectivity index (χ1) is 10.4. The Balaban J connectivity index is 1.99. The minimum absolute atomic E-state index is 0.105. The van der Waals surface area contributed by atoms with E-state index < -0.39 is 18.2 Å². The lowest BCUT2D eigenvalue weighted by Gasteiger charge is -2.36. The van der Waals surface area contributed by atoms with Gasteiger partial charge in [0.15, 0.2) is 17.6 Å². The number of hydrogen-bond acceptors (Lipinski definition) is 6. The van der Waals surface area contributed by atoms with E-state index in [2.05, 4.69) is 0 Å². The van der Waals surface area contributed by atoms with E-state index in [1.165, 1.54) is 24.3 Å². The van der Waals surface area contributed by atoms with Crippen molar-refractivity contribution < 1.29 is 29.6 Å². The summed E-state index contributed by atoms with van der Waals surface area (Å²) in [6, 6.07) is 4.19. The molecule has 1 aromatic carbocycles. The van der Waals surface area contributed by atoms with Gasteiger partial charge in [0.05, 0.1) is 18.8 Å². The highest BCUT2D eigenvalue weighted by molar-refractivity contribution is 5.87. The van der Waals surface area contributed by atoms with Crippen LogP contribution in [0.4, 0.5) is 0 Å². The maximum atomic E-state index is 11.8. The van der Waals surface area contributed by atoms with Crippen molar-refractivity contribution in [3.05, 3.63) is 29.8 Å². The van der Waals surface area contributed by atoms with Crippen molar-refractivity contribution in [2.75, 3.05) is 6.61 Å². The third kappa shape index (κ3) is 3.78. The lowest BCUT2D eigenvalue weighted by atomic mass is 9.94. The minimum Gasteiger partial charge on any atom is -0.504 e. The van der Waals surface area contributed by atoms with Gasteiger partial charge in [-0.15, -0.1) is 0 Å². The molecule has 6 nitrogen and oxygen atoms in total. The number of carbonyl (C=O) groups excluding carboxylic acids is 1. The SMILES string of the molecule is CC1COC(C)C(OC(=O)/C=C/c2ccc(O)c(O)c2)C1O. The normalized spacial score (nSPS) is 28.7. The lowest BCUT2D eigenvalue weighted by molar-refractivity contribution is -0.185. The average Bonchev–Trinajstić information content (AvgIpc) is 2.49. The van der Waals surface area contributed by atoms with E-state index in [4.69, 9.17) is 9.47 Å². The molecule has 1 saturated heterocycles. The number of benzene rings is 1. The molecule has 0 bridgehead atoms. The van der Waals surface area contributed by atoms with E-state index in [1.54, 1.807) is 13.0 Å². The van der Waals surface area contributed by atoms with Crippen LogP contribution in [0, 0.1) is 5.92 Å². The number of hydrogen-bond donors (Lipinski definition) is 3. The molecule has 4 atom stereocenters. The molecule has 3 N–H and O–H groups in total. The maximum Gasteiger partial charge on any atom is 0.331 e. The second-order valence-corrected chi connectivity index (χ2v) is 5.49. The first-order valence-electron chi connectivity index (χ1n) is 7.09. The number of aliphatic hydroxyl groups excluding tert-OH is 1. The smallest absolute Gasteiger partial charge is 0.331 e. The van der Waals surface area contributed by atoms with Crippen LogP contribution in [0.15, 0.2) is 24.3 Å². The van der Waals surface area contributed by atoms with Gasteiger partial charge >= 0.3 is 5.97 Å². The highest BCUT2D eigenvalue weighted by Crippen LogP contribution is 2.26. The molecule has 0 amide bonds. The third-order valence-corrected chi connectivity index (χ3v) is 3.67. The van der Waals surface area contributed by atoms with Crippen molar-refractivity contribution in [1.82, 2.24) is 0 Å². The zero-order chi connectivity index (χ0) is 16.3. The third-order valence-electron chi connectivity index (χ3n) is 3.67. The lowest BCUT2D eigenvalue weighted by Crippen LogP contribution is -2.50. The summed E-state index contributed by atoms with van der Waals surface area (Å²) < 4.78 is 10.7. The summed E-state index contributed by atoms with van der Waals surface area (Å²) in [4.78, 5) is 11.8. The molecule has 120 valence electrons. The van der Waals surface area contributed by atoms with Gasteiger partial charge in [-0.1, -0.05) is 13.0 Å². The zero-order valence-corrected chi connectivity index (χ0v) is 12.5.